The van der Waals surface area contributed by atoms with Gasteiger partial charge in [0.2, 0.25) is 0 Å². The smallest absolute Gasteiger partial charge is 0.161 e. The monoisotopic (exact) mass is 364 g/mol. The zero-order valence-corrected chi connectivity index (χ0v) is 16.4. The second-order valence-corrected chi connectivity index (χ2v) is 8.20. The second kappa shape index (κ2) is 7.73. The van der Waals surface area contributed by atoms with Gasteiger partial charge in [-0.1, -0.05) is 13.8 Å². The highest BCUT2D eigenvalue weighted by Crippen LogP contribution is 2.47. The van der Waals surface area contributed by atoms with E-state index in [1.54, 1.807) is 7.11 Å². The van der Waals surface area contributed by atoms with Crippen molar-refractivity contribution in [3.8, 4) is 11.5 Å². The van der Waals surface area contributed by atoms with Gasteiger partial charge in [0.1, 0.15) is 0 Å². The molecule has 26 heavy (non-hydrogen) atoms. The van der Waals surface area contributed by atoms with Gasteiger partial charge in [-0.25, -0.2) is 0 Å². The molecule has 2 aliphatic rings. The fourth-order valence-corrected chi connectivity index (χ4v) is 4.61. The van der Waals surface area contributed by atoms with Crippen molar-refractivity contribution in [1.82, 2.24) is 4.90 Å². The Bertz CT molecular complexity index is 636. The lowest BCUT2D eigenvalue weighted by molar-refractivity contribution is -0.0726. The predicted octanol–water partition coefficient (Wildman–Crippen LogP) is 3.54. The van der Waals surface area contributed by atoms with Crippen LogP contribution in [-0.2, 0) is 12.0 Å². The molecule has 2 heterocycles. The Hall–Kier alpha value is -1.33. The highest BCUT2D eigenvalue weighted by molar-refractivity contribution is 5.51. The number of fused-ring (bicyclic) bond motifs is 3. The van der Waals surface area contributed by atoms with Gasteiger partial charge in [0.25, 0.3) is 0 Å². The van der Waals surface area contributed by atoms with Crippen LogP contribution in [0.15, 0.2) is 12.1 Å². The minimum absolute atomic E-state index is 0.191. The Morgan fingerprint density at radius 1 is 1.35 bits per heavy atom. The van der Waals surface area contributed by atoms with Gasteiger partial charge >= 0.3 is 0 Å². The molecule has 0 unspecified atom stereocenters. The van der Waals surface area contributed by atoms with E-state index in [0.717, 1.165) is 25.9 Å². The van der Waals surface area contributed by atoms with E-state index in [1.807, 2.05) is 0 Å². The molecule has 1 fully saturated rings. The van der Waals surface area contributed by atoms with Crippen LogP contribution in [0, 0.1) is 11.8 Å². The first-order valence-electron chi connectivity index (χ1n) is 9.74. The molecule has 4 nitrogen and oxygen atoms in total. The number of rotatable bonds is 6. The number of alkyl halides is 1. The SMILES string of the molecule is COc1cc2c(cc1OCCC[18F])CCN1C[C@@H](C(C)C)[C@H](O)C[C@]21C. The fourth-order valence-electron chi connectivity index (χ4n) is 4.61. The first-order valence-corrected chi connectivity index (χ1v) is 9.74. The van der Waals surface area contributed by atoms with Gasteiger partial charge in [-0.15, -0.1) is 0 Å². The Morgan fingerprint density at radius 2 is 2.12 bits per heavy atom. The molecule has 0 bridgehead atoms. The molecule has 3 rings (SSSR count). The van der Waals surface area contributed by atoms with Crippen molar-refractivity contribution >= 4 is 0 Å². The topological polar surface area (TPSA) is 41.9 Å². The Labute approximate surface area is 156 Å². The van der Waals surface area contributed by atoms with Crippen molar-refractivity contribution in [3.63, 3.8) is 0 Å². The lowest BCUT2D eigenvalue weighted by atomic mass is 9.70. The summed E-state index contributed by atoms with van der Waals surface area (Å²) in [7, 11) is 1.64. The molecule has 146 valence electrons. The minimum atomic E-state index is -0.380. The van der Waals surface area contributed by atoms with Crippen LogP contribution in [0.4, 0.5) is 4.39 Å². The lowest BCUT2D eigenvalue weighted by Crippen LogP contribution is -2.58. The molecule has 0 aliphatic carbocycles. The summed E-state index contributed by atoms with van der Waals surface area (Å²) in [6.45, 7) is 8.49. The van der Waals surface area contributed by atoms with Crippen molar-refractivity contribution in [2.45, 2.75) is 51.7 Å². The van der Waals surface area contributed by atoms with Crippen LogP contribution < -0.4 is 9.47 Å². The summed E-state index contributed by atoms with van der Waals surface area (Å²) in [5.41, 5.74) is 2.28. The normalized spacial score (nSPS) is 28.6. The van der Waals surface area contributed by atoms with Gasteiger partial charge in [0.05, 0.1) is 26.5 Å². The van der Waals surface area contributed by atoms with Gasteiger partial charge in [0, 0.05) is 25.0 Å². The summed E-state index contributed by atoms with van der Waals surface area (Å²) in [5.74, 6) is 2.16. The van der Waals surface area contributed by atoms with Crippen LogP contribution in [0.5, 0.6) is 11.5 Å². The third-order valence-electron chi connectivity index (χ3n) is 6.24. The molecule has 1 aromatic carbocycles. The highest BCUT2D eigenvalue weighted by atomic mass is 18.2. The van der Waals surface area contributed by atoms with Gasteiger partial charge < -0.3 is 14.6 Å². The summed E-state index contributed by atoms with van der Waals surface area (Å²) in [6.07, 6.45) is 1.77. The molecule has 2 aliphatic heterocycles. The van der Waals surface area contributed by atoms with E-state index in [9.17, 15) is 9.50 Å². The quantitative estimate of drug-likeness (QED) is 0.784. The van der Waals surface area contributed by atoms with Crippen LogP contribution in [0.2, 0.25) is 0 Å². The molecule has 3 atom stereocenters. The van der Waals surface area contributed by atoms with Crippen LogP contribution in [0.25, 0.3) is 0 Å². The molecule has 0 amide bonds. The molecular formula is C21H32FNO3. The lowest BCUT2D eigenvalue weighted by Gasteiger charge is -2.54. The Balaban J connectivity index is 1.92. The van der Waals surface area contributed by atoms with Crippen molar-refractivity contribution in [1.29, 1.82) is 0 Å². The van der Waals surface area contributed by atoms with Crippen LogP contribution in [0.1, 0.15) is 44.7 Å². The fraction of sp³-hybridized carbons (Fsp3) is 0.714. The largest absolute Gasteiger partial charge is 0.493 e. The van der Waals surface area contributed by atoms with E-state index in [-0.39, 0.29) is 18.3 Å². The zero-order valence-electron chi connectivity index (χ0n) is 16.4. The van der Waals surface area contributed by atoms with Gasteiger partial charge in [-0.2, -0.15) is 0 Å². The molecule has 1 saturated heterocycles. The third-order valence-corrected chi connectivity index (χ3v) is 6.24. The van der Waals surface area contributed by atoms with Gasteiger partial charge in [-0.05, 0) is 54.9 Å². The molecule has 0 radical (unpaired) electrons. The van der Waals surface area contributed by atoms with E-state index >= 15 is 0 Å². The first-order chi connectivity index (χ1) is 12.4. The molecule has 1 N–H and O–H groups in total. The van der Waals surface area contributed by atoms with Gasteiger partial charge in [0.15, 0.2) is 11.5 Å². The number of hydrogen-bond acceptors (Lipinski definition) is 4. The number of halogens is 1. The Morgan fingerprint density at radius 3 is 2.77 bits per heavy atom. The summed E-state index contributed by atoms with van der Waals surface area (Å²) in [6, 6.07) is 4.12. The van der Waals surface area contributed by atoms with Crippen LogP contribution in [-0.4, -0.2) is 49.6 Å². The molecule has 0 saturated carbocycles. The minimum Gasteiger partial charge on any atom is -0.493 e. The maximum atomic E-state index is 12.4. The van der Waals surface area contributed by atoms with E-state index in [0.29, 0.717) is 36.4 Å². The van der Waals surface area contributed by atoms with Crippen molar-refractivity contribution < 1.29 is 19.0 Å². The van der Waals surface area contributed by atoms with E-state index in [4.69, 9.17) is 9.47 Å². The van der Waals surface area contributed by atoms with E-state index in [2.05, 4.69) is 37.8 Å². The molecular weight excluding hydrogens is 332 g/mol. The zero-order chi connectivity index (χ0) is 18.9. The highest BCUT2D eigenvalue weighted by Gasteiger charge is 2.47. The standard InChI is InChI=1S/C21H32FNO3/c1-14(2)16-13-23-8-6-15-10-20(26-9-5-7-22)19(25-4)11-17(15)21(23,3)12-18(16)24/h10-11,14,16,18,24H,5-9,12-13H2,1-4H3/t16-,18+,21+/m0/s1/i22-1. The number of hydrogen-bond donors (Lipinski definition) is 1. The second-order valence-electron chi connectivity index (χ2n) is 8.20. The number of benzene rings is 1. The summed E-state index contributed by atoms with van der Waals surface area (Å²) in [4.78, 5) is 2.52. The number of nitrogens with zero attached hydrogens (tertiary/aromatic N) is 1. The van der Waals surface area contributed by atoms with E-state index < -0.39 is 0 Å². The van der Waals surface area contributed by atoms with E-state index in [1.165, 1.54) is 11.1 Å². The number of aliphatic hydroxyl groups excluding tert-OH is 1. The summed E-state index contributed by atoms with van der Waals surface area (Å²) in [5, 5.41) is 10.8. The molecule has 1 aromatic rings. The average Bonchev–Trinajstić information content (AvgIpc) is 2.60. The third kappa shape index (κ3) is 3.44. The number of ether oxygens (including phenoxy) is 2. The Kier molecular flexibility index (Phi) is 5.78. The number of methoxy groups -OCH3 is 1. The summed E-state index contributed by atoms with van der Waals surface area (Å²) < 4.78 is 23.7. The number of piperidine rings is 1. The maximum absolute atomic E-state index is 12.4. The molecule has 0 spiro atoms. The first kappa shape index (κ1) is 19.4. The van der Waals surface area contributed by atoms with Crippen LogP contribution >= 0.6 is 0 Å². The van der Waals surface area contributed by atoms with Gasteiger partial charge in [-0.3, -0.25) is 9.29 Å². The maximum Gasteiger partial charge on any atom is 0.161 e. The van der Waals surface area contributed by atoms with Crippen molar-refractivity contribution in [2.24, 2.45) is 11.8 Å². The molecule has 0 aromatic heterocycles. The molecule has 5 heteroatoms. The average molecular weight is 364 g/mol. The number of aliphatic hydroxyl groups is 1. The predicted molar refractivity (Wildman–Crippen MR) is 101 cm³/mol. The van der Waals surface area contributed by atoms with Crippen molar-refractivity contribution in [3.05, 3.63) is 23.3 Å². The van der Waals surface area contributed by atoms with Crippen molar-refractivity contribution in [2.75, 3.05) is 33.5 Å². The summed E-state index contributed by atoms with van der Waals surface area (Å²) >= 11 is 0. The van der Waals surface area contributed by atoms with Crippen LogP contribution in [0.3, 0.4) is 0 Å².